The van der Waals surface area contributed by atoms with Crippen LogP contribution in [0.3, 0.4) is 0 Å². The fraction of sp³-hybridized carbons (Fsp3) is 0.571. The molecular formula is C14H21N3O. The molecule has 4 nitrogen and oxygen atoms in total. The fourth-order valence-electron chi connectivity index (χ4n) is 2.26. The highest BCUT2D eigenvalue weighted by atomic mass is 16.2. The summed E-state index contributed by atoms with van der Waals surface area (Å²) in [6, 6.07) is 5.43. The number of carbonyl (C=O) groups is 1. The highest BCUT2D eigenvalue weighted by molar-refractivity contribution is 5.92. The SMILES string of the molecule is CN(CCN1CCCCC1)C(=O)c1ccccn1. The molecule has 2 rings (SSSR count). The van der Waals surface area contributed by atoms with Crippen molar-refractivity contribution in [3.8, 4) is 0 Å². The number of hydrogen-bond acceptors (Lipinski definition) is 3. The summed E-state index contributed by atoms with van der Waals surface area (Å²) in [6.07, 6.45) is 5.58. The predicted octanol–water partition coefficient (Wildman–Crippen LogP) is 1.64. The third kappa shape index (κ3) is 3.53. The fourth-order valence-corrected chi connectivity index (χ4v) is 2.26. The van der Waals surface area contributed by atoms with Crippen molar-refractivity contribution in [3.05, 3.63) is 30.1 Å². The maximum absolute atomic E-state index is 12.1. The lowest BCUT2D eigenvalue weighted by atomic mass is 10.1. The molecule has 1 amide bonds. The lowest BCUT2D eigenvalue weighted by molar-refractivity contribution is 0.0767. The number of amides is 1. The van der Waals surface area contributed by atoms with E-state index >= 15 is 0 Å². The summed E-state index contributed by atoms with van der Waals surface area (Å²) in [5, 5.41) is 0. The molecule has 1 fully saturated rings. The average Bonchev–Trinajstić information content (AvgIpc) is 2.46. The minimum absolute atomic E-state index is 0.00705. The van der Waals surface area contributed by atoms with Gasteiger partial charge in [-0.25, -0.2) is 0 Å². The van der Waals surface area contributed by atoms with E-state index in [-0.39, 0.29) is 5.91 Å². The zero-order chi connectivity index (χ0) is 12.8. The van der Waals surface area contributed by atoms with Crippen LogP contribution in [0.15, 0.2) is 24.4 Å². The second-order valence-electron chi connectivity index (χ2n) is 4.84. The van der Waals surface area contributed by atoms with Gasteiger partial charge >= 0.3 is 0 Å². The highest BCUT2D eigenvalue weighted by Crippen LogP contribution is 2.08. The van der Waals surface area contributed by atoms with Gasteiger partial charge in [0.2, 0.25) is 0 Å². The normalized spacial score (nSPS) is 16.5. The van der Waals surface area contributed by atoms with E-state index in [0.717, 1.165) is 13.1 Å². The first-order chi connectivity index (χ1) is 8.77. The number of piperidine rings is 1. The van der Waals surface area contributed by atoms with Crippen molar-refractivity contribution in [2.24, 2.45) is 0 Å². The number of rotatable bonds is 4. The van der Waals surface area contributed by atoms with Gasteiger partial charge < -0.3 is 9.80 Å². The number of aromatic nitrogens is 1. The van der Waals surface area contributed by atoms with Gasteiger partial charge in [0.25, 0.3) is 5.91 Å². The first-order valence-corrected chi connectivity index (χ1v) is 6.66. The van der Waals surface area contributed by atoms with Gasteiger partial charge in [-0.1, -0.05) is 12.5 Å². The van der Waals surface area contributed by atoms with Crippen molar-refractivity contribution in [1.82, 2.24) is 14.8 Å². The van der Waals surface area contributed by atoms with Gasteiger partial charge in [-0.05, 0) is 38.1 Å². The van der Waals surface area contributed by atoms with Crippen LogP contribution >= 0.6 is 0 Å². The Kier molecular flexibility index (Phi) is 4.70. The first kappa shape index (κ1) is 13.0. The molecule has 1 saturated heterocycles. The van der Waals surface area contributed by atoms with Gasteiger partial charge in [-0.3, -0.25) is 9.78 Å². The Morgan fingerprint density at radius 1 is 1.33 bits per heavy atom. The first-order valence-electron chi connectivity index (χ1n) is 6.66. The van der Waals surface area contributed by atoms with E-state index in [1.165, 1.54) is 32.4 Å². The van der Waals surface area contributed by atoms with Crippen LogP contribution in [-0.4, -0.2) is 53.9 Å². The number of likely N-dealkylation sites (tertiary alicyclic amines) is 1. The Bertz CT molecular complexity index is 374. The molecule has 0 spiro atoms. The van der Waals surface area contributed by atoms with Crippen LogP contribution in [0.1, 0.15) is 29.8 Å². The summed E-state index contributed by atoms with van der Waals surface area (Å²) in [4.78, 5) is 20.3. The quantitative estimate of drug-likeness (QED) is 0.811. The Labute approximate surface area is 109 Å². The topological polar surface area (TPSA) is 36.4 Å². The lowest BCUT2D eigenvalue weighted by Crippen LogP contribution is -2.38. The zero-order valence-electron chi connectivity index (χ0n) is 11.0. The maximum Gasteiger partial charge on any atom is 0.272 e. The van der Waals surface area contributed by atoms with Crippen LogP contribution in [-0.2, 0) is 0 Å². The van der Waals surface area contributed by atoms with E-state index < -0.39 is 0 Å². The molecule has 1 aromatic heterocycles. The lowest BCUT2D eigenvalue weighted by Gasteiger charge is -2.28. The van der Waals surface area contributed by atoms with Crippen molar-refractivity contribution >= 4 is 5.91 Å². The molecule has 1 aliphatic rings. The maximum atomic E-state index is 12.1. The summed E-state index contributed by atoms with van der Waals surface area (Å²) in [6.45, 7) is 4.09. The molecule has 1 aliphatic heterocycles. The Morgan fingerprint density at radius 3 is 2.78 bits per heavy atom. The van der Waals surface area contributed by atoms with Gasteiger partial charge in [0.1, 0.15) is 5.69 Å². The second-order valence-corrected chi connectivity index (χ2v) is 4.84. The van der Waals surface area contributed by atoms with Crippen LogP contribution in [0.2, 0.25) is 0 Å². The summed E-state index contributed by atoms with van der Waals surface area (Å²) < 4.78 is 0. The monoisotopic (exact) mass is 247 g/mol. The summed E-state index contributed by atoms with van der Waals surface area (Å²) in [5.41, 5.74) is 0.527. The Morgan fingerprint density at radius 2 is 2.11 bits per heavy atom. The van der Waals surface area contributed by atoms with Gasteiger partial charge in [-0.15, -0.1) is 0 Å². The van der Waals surface area contributed by atoms with Crippen LogP contribution in [0.25, 0.3) is 0 Å². The molecule has 0 aromatic carbocycles. The smallest absolute Gasteiger partial charge is 0.272 e. The number of nitrogens with zero attached hydrogens (tertiary/aromatic N) is 3. The van der Waals surface area contributed by atoms with Crippen molar-refractivity contribution in [2.45, 2.75) is 19.3 Å². The third-order valence-electron chi connectivity index (χ3n) is 3.43. The third-order valence-corrected chi connectivity index (χ3v) is 3.43. The minimum atomic E-state index is 0.00705. The van der Waals surface area contributed by atoms with Crippen molar-refractivity contribution in [3.63, 3.8) is 0 Å². The van der Waals surface area contributed by atoms with Crippen LogP contribution in [0.5, 0.6) is 0 Å². The molecule has 2 heterocycles. The minimum Gasteiger partial charge on any atom is -0.339 e. The van der Waals surface area contributed by atoms with E-state index in [1.54, 1.807) is 17.2 Å². The number of likely N-dealkylation sites (N-methyl/N-ethyl adjacent to an activating group) is 1. The molecule has 0 bridgehead atoms. The molecule has 98 valence electrons. The second kappa shape index (κ2) is 6.50. The number of pyridine rings is 1. The number of hydrogen-bond donors (Lipinski definition) is 0. The molecule has 0 aliphatic carbocycles. The van der Waals surface area contributed by atoms with Crippen molar-refractivity contribution in [1.29, 1.82) is 0 Å². The molecule has 0 saturated carbocycles. The predicted molar refractivity (Wildman–Crippen MR) is 71.5 cm³/mol. The van der Waals surface area contributed by atoms with Gasteiger partial charge in [0, 0.05) is 26.3 Å². The highest BCUT2D eigenvalue weighted by Gasteiger charge is 2.15. The van der Waals surface area contributed by atoms with E-state index in [4.69, 9.17) is 0 Å². The average molecular weight is 247 g/mol. The molecule has 0 unspecified atom stereocenters. The van der Waals surface area contributed by atoms with Crippen LogP contribution in [0, 0.1) is 0 Å². The number of carbonyl (C=O) groups excluding carboxylic acids is 1. The van der Waals surface area contributed by atoms with E-state index in [1.807, 2.05) is 19.2 Å². The molecule has 4 heteroatoms. The van der Waals surface area contributed by atoms with Gasteiger partial charge in [0.15, 0.2) is 0 Å². The molecule has 0 N–H and O–H groups in total. The van der Waals surface area contributed by atoms with E-state index in [2.05, 4.69) is 9.88 Å². The summed E-state index contributed by atoms with van der Waals surface area (Å²) >= 11 is 0. The van der Waals surface area contributed by atoms with E-state index in [0.29, 0.717) is 5.69 Å². The molecule has 0 atom stereocenters. The van der Waals surface area contributed by atoms with E-state index in [9.17, 15) is 4.79 Å². The summed E-state index contributed by atoms with van der Waals surface area (Å²) in [5.74, 6) is 0.00705. The van der Waals surface area contributed by atoms with Crippen molar-refractivity contribution in [2.75, 3.05) is 33.2 Å². The van der Waals surface area contributed by atoms with Crippen molar-refractivity contribution < 1.29 is 4.79 Å². The van der Waals surface area contributed by atoms with Crippen LogP contribution < -0.4 is 0 Å². The van der Waals surface area contributed by atoms with Gasteiger partial charge in [-0.2, -0.15) is 0 Å². The largest absolute Gasteiger partial charge is 0.339 e. The Hall–Kier alpha value is -1.42. The molecule has 1 aromatic rings. The van der Waals surface area contributed by atoms with Gasteiger partial charge in [0.05, 0.1) is 0 Å². The standard InChI is InChI=1S/C14H21N3O/c1-16(11-12-17-9-5-2-6-10-17)14(18)13-7-3-4-8-15-13/h3-4,7-8H,2,5-6,9-12H2,1H3. The summed E-state index contributed by atoms with van der Waals surface area (Å²) in [7, 11) is 1.85. The van der Waals surface area contributed by atoms with Crippen LogP contribution in [0.4, 0.5) is 0 Å². The molecule has 18 heavy (non-hydrogen) atoms. The zero-order valence-corrected chi connectivity index (χ0v) is 11.0. The Balaban J connectivity index is 1.80. The molecule has 0 radical (unpaired) electrons. The molecular weight excluding hydrogens is 226 g/mol.